The zero-order valence-electron chi connectivity index (χ0n) is 23.4. The van der Waals surface area contributed by atoms with Crippen LogP contribution in [0, 0.1) is 0 Å². The second-order valence-electron chi connectivity index (χ2n) is 9.07. The van der Waals surface area contributed by atoms with Gasteiger partial charge in [0.25, 0.3) is 5.56 Å². The van der Waals surface area contributed by atoms with E-state index in [-0.39, 0.29) is 18.0 Å². The third kappa shape index (κ3) is 5.73. The molecule has 0 bridgehead atoms. The highest BCUT2D eigenvalue weighted by Crippen LogP contribution is 2.38. The molecule has 0 radical (unpaired) electrons. The molecule has 216 valence electrons. The Morgan fingerprint density at radius 2 is 1.88 bits per heavy atom. The molecule has 0 amide bonds. The van der Waals surface area contributed by atoms with E-state index in [2.05, 4.69) is 21.0 Å². The van der Waals surface area contributed by atoms with Crippen LogP contribution in [0.1, 0.15) is 26.3 Å². The molecular weight excluding hydrogens is 606 g/mol. The van der Waals surface area contributed by atoms with Crippen LogP contribution in [-0.2, 0) is 9.53 Å². The van der Waals surface area contributed by atoms with Gasteiger partial charge in [-0.05, 0) is 84.7 Å². The number of furan rings is 1. The van der Waals surface area contributed by atoms with Crippen molar-refractivity contribution in [3.05, 3.63) is 81.1 Å². The van der Waals surface area contributed by atoms with Gasteiger partial charge in [-0.25, -0.2) is 9.78 Å². The SMILES string of the molecule is CCOC(=O)[C@H](C)Oc1c(Br)cc(C=Nn2c(-c3cc4c(OC)cccc4o3)nc3ccccc3c2=O)cc1OCC. The monoisotopic (exact) mass is 633 g/mol. The van der Waals surface area contributed by atoms with E-state index in [1.165, 1.54) is 10.9 Å². The molecule has 0 fully saturated rings. The Kier molecular flexibility index (Phi) is 8.58. The third-order valence-corrected chi connectivity index (χ3v) is 6.87. The van der Waals surface area contributed by atoms with Crippen LogP contribution in [0.2, 0.25) is 0 Å². The number of fused-ring (bicyclic) bond motifs is 2. The summed E-state index contributed by atoms with van der Waals surface area (Å²) in [5.74, 6) is 1.45. The lowest BCUT2D eigenvalue weighted by Gasteiger charge is -2.18. The number of nitrogens with zero attached hydrogens (tertiary/aromatic N) is 3. The van der Waals surface area contributed by atoms with Gasteiger partial charge >= 0.3 is 5.97 Å². The summed E-state index contributed by atoms with van der Waals surface area (Å²) >= 11 is 3.52. The van der Waals surface area contributed by atoms with E-state index in [4.69, 9.17) is 28.3 Å². The number of aromatic nitrogens is 2. The van der Waals surface area contributed by atoms with Gasteiger partial charge in [-0.15, -0.1) is 0 Å². The predicted molar refractivity (Wildman–Crippen MR) is 163 cm³/mol. The number of para-hydroxylation sites is 1. The predicted octanol–water partition coefficient (Wildman–Crippen LogP) is 6.19. The van der Waals surface area contributed by atoms with E-state index in [1.54, 1.807) is 57.4 Å². The van der Waals surface area contributed by atoms with Crippen molar-refractivity contribution >= 4 is 50.0 Å². The quantitative estimate of drug-likeness (QED) is 0.132. The van der Waals surface area contributed by atoms with Crippen LogP contribution < -0.4 is 19.8 Å². The number of rotatable bonds is 10. The van der Waals surface area contributed by atoms with Crippen molar-refractivity contribution in [1.29, 1.82) is 0 Å². The molecular formula is C31H28BrN3O7. The van der Waals surface area contributed by atoms with Crippen LogP contribution in [0.25, 0.3) is 33.5 Å². The Labute approximate surface area is 249 Å². The Morgan fingerprint density at radius 3 is 2.64 bits per heavy atom. The molecule has 3 aromatic carbocycles. The number of hydrogen-bond acceptors (Lipinski definition) is 9. The van der Waals surface area contributed by atoms with E-state index in [9.17, 15) is 9.59 Å². The molecule has 0 N–H and O–H groups in total. The molecule has 11 heteroatoms. The summed E-state index contributed by atoms with van der Waals surface area (Å²) in [6.07, 6.45) is 0.656. The molecule has 5 rings (SSSR count). The summed E-state index contributed by atoms with van der Waals surface area (Å²) in [5, 5.41) is 5.68. The lowest BCUT2D eigenvalue weighted by Crippen LogP contribution is -2.26. The summed E-state index contributed by atoms with van der Waals surface area (Å²) in [5.41, 5.74) is 1.32. The lowest BCUT2D eigenvalue weighted by atomic mass is 10.2. The fourth-order valence-electron chi connectivity index (χ4n) is 4.36. The maximum absolute atomic E-state index is 13.7. The van der Waals surface area contributed by atoms with Crippen molar-refractivity contribution in [3.63, 3.8) is 0 Å². The highest BCUT2D eigenvalue weighted by Gasteiger charge is 2.21. The molecule has 2 aromatic heterocycles. The first-order valence-electron chi connectivity index (χ1n) is 13.3. The zero-order valence-corrected chi connectivity index (χ0v) is 25.0. The van der Waals surface area contributed by atoms with Gasteiger partial charge in [-0.1, -0.05) is 18.2 Å². The maximum atomic E-state index is 13.7. The smallest absolute Gasteiger partial charge is 0.347 e. The Balaban J connectivity index is 1.60. The van der Waals surface area contributed by atoms with Crippen LogP contribution in [0.4, 0.5) is 0 Å². The summed E-state index contributed by atoms with van der Waals surface area (Å²) < 4.78 is 30.0. The van der Waals surface area contributed by atoms with E-state index in [0.29, 0.717) is 56.1 Å². The van der Waals surface area contributed by atoms with Crippen molar-refractivity contribution < 1.29 is 28.2 Å². The van der Waals surface area contributed by atoms with Crippen LogP contribution in [0.15, 0.2) is 79.4 Å². The van der Waals surface area contributed by atoms with Gasteiger partial charge in [0.05, 0.1) is 47.3 Å². The number of methoxy groups -OCH3 is 1. The maximum Gasteiger partial charge on any atom is 0.347 e. The Morgan fingerprint density at radius 1 is 1.07 bits per heavy atom. The van der Waals surface area contributed by atoms with E-state index in [0.717, 1.165) is 5.39 Å². The van der Waals surface area contributed by atoms with Gasteiger partial charge in [0.15, 0.2) is 23.4 Å². The van der Waals surface area contributed by atoms with Crippen molar-refractivity contribution in [1.82, 2.24) is 9.66 Å². The number of esters is 1. The lowest BCUT2D eigenvalue weighted by molar-refractivity contribution is -0.150. The van der Waals surface area contributed by atoms with Crippen LogP contribution in [0.5, 0.6) is 17.2 Å². The first-order chi connectivity index (χ1) is 20.3. The summed E-state index contributed by atoms with van der Waals surface area (Å²) in [6, 6.07) is 17.7. The van der Waals surface area contributed by atoms with Crippen LogP contribution in [0.3, 0.4) is 0 Å². The van der Waals surface area contributed by atoms with Crippen molar-refractivity contribution in [3.8, 4) is 28.8 Å². The fourth-order valence-corrected chi connectivity index (χ4v) is 4.91. The molecule has 10 nitrogen and oxygen atoms in total. The molecule has 2 heterocycles. The topological polar surface area (TPSA) is 114 Å². The summed E-state index contributed by atoms with van der Waals surface area (Å²) in [7, 11) is 1.58. The Hall–Kier alpha value is -4.64. The van der Waals surface area contributed by atoms with E-state index < -0.39 is 12.1 Å². The molecule has 0 aliphatic heterocycles. The standard InChI is InChI=1S/C31H28BrN3O7/c1-5-39-26-15-19(14-22(32)28(26)41-18(3)31(37)40-6-2)17-33-35-29(34-23-11-8-7-10-20(23)30(35)36)27-16-21-24(38-4)12-9-13-25(21)42-27/h7-18H,5-6H2,1-4H3/t18-/m0/s1. The zero-order chi connectivity index (χ0) is 29.8. The van der Waals surface area contributed by atoms with Crippen molar-refractivity contribution in [2.75, 3.05) is 20.3 Å². The number of halogens is 1. The van der Waals surface area contributed by atoms with Gasteiger partial charge in [-0.2, -0.15) is 9.78 Å². The second-order valence-corrected chi connectivity index (χ2v) is 9.93. The normalized spacial score (nSPS) is 12.1. The number of hydrogen-bond donors (Lipinski definition) is 0. The molecule has 0 spiro atoms. The molecule has 0 saturated carbocycles. The first kappa shape index (κ1) is 28.9. The van der Waals surface area contributed by atoms with Crippen molar-refractivity contribution in [2.24, 2.45) is 5.10 Å². The van der Waals surface area contributed by atoms with Crippen LogP contribution >= 0.6 is 15.9 Å². The average molecular weight is 634 g/mol. The molecule has 42 heavy (non-hydrogen) atoms. The van der Waals surface area contributed by atoms with Gasteiger partial charge in [-0.3, -0.25) is 4.79 Å². The van der Waals surface area contributed by atoms with Gasteiger partial charge in [0.1, 0.15) is 11.3 Å². The van der Waals surface area contributed by atoms with Gasteiger partial charge < -0.3 is 23.4 Å². The molecule has 0 saturated heterocycles. The first-order valence-corrected chi connectivity index (χ1v) is 14.1. The summed E-state index contributed by atoms with van der Waals surface area (Å²) in [6.45, 7) is 5.76. The second kappa shape index (κ2) is 12.5. The average Bonchev–Trinajstić information content (AvgIpc) is 3.43. The molecule has 0 aliphatic rings. The number of ether oxygens (including phenoxy) is 4. The Bertz CT molecular complexity index is 1860. The van der Waals surface area contributed by atoms with Gasteiger partial charge in [0, 0.05) is 0 Å². The molecule has 0 unspecified atom stereocenters. The molecule has 5 aromatic rings. The minimum atomic E-state index is -0.854. The fraction of sp³-hybridized carbons (Fsp3) is 0.226. The minimum Gasteiger partial charge on any atom is -0.496 e. The van der Waals surface area contributed by atoms with E-state index >= 15 is 0 Å². The highest BCUT2D eigenvalue weighted by atomic mass is 79.9. The number of benzene rings is 3. The number of carbonyl (C=O) groups is 1. The molecule has 0 aliphatic carbocycles. The van der Waals surface area contributed by atoms with Gasteiger partial charge in [0.2, 0.25) is 5.82 Å². The number of carbonyl (C=O) groups excluding carboxylic acids is 1. The van der Waals surface area contributed by atoms with Crippen LogP contribution in [-0.4, -0.2) is 48.3 Å². The van der Waals surface area contributed by atoms with E-state index in [1.807, 2.05) is 31.2 Å². The van der Waals surface area contributed by atoms with Crippen molar-refractivity contribution in [2.45, 2.75) is 26.9 Å². The minimum absolute atomic E-state index is 0.223. The molecule has 1 atom stereocenters. The highest BCUT2D eigenvalue weighted by molar-refractivity contribution is 9.10. The largest absolute Gasteiger partial charge is 0.496 e. The summed E-state index contributed by atoms with van der Waals surface area (Å²) in [4.78, 5) is 30.5. The third-order valence-electron chi connectivity index (χ3n) is 6.28.